The second-order valence-electron chi connectivity index (χ2n) is 5.75. The van der Waals surface area contributed by atoms with Gasteiger partial charge in [0.15, 0.2) is 5.69 Å². The molecule has 1 fully saturated rings. The summed E-state index contributed by atoms with van der Waals surface area (Å²) < 4.78 is 0. The van der Waals surface area contributed by atoms with Gasteiger partial charge in [-0.1, -0.05) is 39.0 Å². The molecule has 2 rings (SSSR count). The van der Waals surface area contributed by atoms with E-state index in [4.69, 9.17) is 0 Å². The van der Waals surface area contributed by atoms with Gasteiger partial charge in [-0.05, 0) is 31.4 Å². The van der Waals surface area contributed by atoms with Gasteiger partial charge in [0.05, 0.1) is 0 Å². The molecule has 0 radical (unpaired) electrons. The summed E-state index contributed by atoms with van der Waals surface area (Å²) in [6.07, 6.45) is 9.67. The molecule has 0 saturated heterocycles. The van der Waals surface area contributed by atoms with Gasteiger partial charge in [-0.25, -0.2) is 0 Å². The monoisotopic (exact) mass is 290 g/mol. The highest BCUT2D eigenvalue weighted by Gasteiger charge is 2.13. The highest BCUT2D eigenvalue weighted by atomic mass is 16.1. The Hall–Kier alpha value is -1.65. The molecule has 5 heteroatoms. The van der Waals surface area contributed by atoms with Crippen LogP contribution in [0.3, 0.4) is 0 Å². The van der Waals surface area contributed by atoms with E-state index in [0.717, 1.165) is 18.7 Å². The van der Waals surface area contributed by atoms with E-state index in [-0.39, 0.29) is 5.91 Å². The Morgan fingerprint density at radius 2 is 1.95 bits per heavy atom. The number of nitrogens with zero attached hydrogens (tertiary/aromatic N) is 2. The van der Waals surface area contributed by atoms with E-state index in [2.05, 4.69) is 27.8 Å². The van der Waals surface area contributed by atoms with Gasteiger partial charge in [0.1, 0.15) is 5.82 Å². The normalized spacial score (nSPS) is 16.2. The predicted molar refractivity (Wildman–Crippen MR) is 84.4 cm³/mol. The molecule has 0 bridgehead atoms. The average Bonchev–Trinajstić information content (AvgIpc) is 2.77. The highest BCUT2D eigenvalue weighted by molar-refractivity contribution is 5.92. The first-order chi connectivity index (χ1) is 10.3. The third kappa shape index (κ3) is 5.33. The molecule has 1 aromatic heterocycles. The smallest absolute Gasteiger partial charge is 0.271 e. The SMILES string of the molecule is CCCCNC(=O)c1ccc(NC2CCCCCC2)nn1. The zero-order chi connectivity index (χ0) is 14.9. The number of amides is 1. The van der Waals surface area contributed by atoms with Crippen LogP contribution in [0.5, 0.6) is 0 Å². The summed E-state index contributed by atoms with van der Waals surface area (Å²) in [5.74, 6) is 0.629. The molecule has 5 nitrogen and oxygen atoms in total. The van der Waals surface area contributed by atoms with Crippen molar-refractivity contribution in [2.75, 3.05) is 11.9 Å². The maximum absolute atomic E-state index is 11.8. The van der Waals surface area contributed by atoms with E-state index in [0.29, 0.717) is 18.3 Å². The number of unbranched alkanes of at least 4 members (excludes halogenated alkanes) is 1. The zero-order valence-corrected chi connectivity index (χ0v) is 12.9. The lowest BCUT2D eigenvalue weighted by molar-refractivity contribution is 0.0947. The molecule has 0 aromatic carbocycles. The number of carbonyl (C=O) groups is 1. The van der Waals surface area contributed by atoms with Crippen molar-refractivity contribution in [3.8, 4) is 0 Å². The molecule has 21 heavy (non-hydrogen) atoms. The number of rotatable bonds is 6. The molecule has 0 unspecified atom stereocenters. The van der Waals surface area contributed by atoms with Crippen LogP contribution >= 0.6 is 0 Å². The molecule has 1 amide bonds. The Morgan fingerprint density at radius 3 is 2.57 bits per heavy atom. The molecule has 1 aliphatic rings. The Labute approximate surface area is 126 Å². The fourth-order valence-electron chi connectivity index (χ4n) is 2.63. The summed E-state index contributed by atoms with van der Waals surface area (Å²) in [6.45, 7) is 2.79. The Morgan fingerprint density at radius 1 is 1.19 bits per heavy atom. The molecular formula is C16H26N4O. The lowest BCUT2D eigenvalue weighted by Crippen LogP contribution is -2.26. The van der Waals surface area contributed by atoms with E-state index in [9.17, 15) is 4.79 Å². The number of carbonyl (C=O) groups excluding carboxylic acids is 1. The van der Waals surface area contributed by atoms with Crippen molar-refractivity contribution < 1.29 is 4.79 Å². The lowest BCUT2D eigenvalue weighted by atomic mass is 10.1. The summed E-state index contributed by atoms with van der Waals surface area (Å²) in [7, 11) is 0. The van der Waals surface area contributed by atoms with Crippen molar-refractivity contribution in [3.63, 3.8) is 0 Å². The molecule has 1 saturated carbocycles. The number of aromatic nitrogens is 2. The van der Waals surface area contributed by atoms with E-state index < -0.39 is 0 Å². The van der Waals surface area contributed by atoms with Crippen molar-refractivity contribution in [1.82, 2.24) is 15.5 Å². The molecule has 0 spiro atoms. The van der Waals surface area contributed by atoms with Gasteiger partial charge in [0.2, 0.25) is 0 Å². The maximum atomic E-state index is 11.8. The van der Waals surface area contributed by atoms with Crippen LogP contribution in [0, 0.1) is 0 Å². The van der Waals surface area contributed by atoms with E-state index >= 15 is 0 Å². The second kappa shape index (κ2) is 8.60. The molecule has 1 heterocycles. The molecule has 1 aliphatic carbocycles. The number of nitrogens with one attached hydrogen (secondary N) is 2. The minimum absolute atomic E-state index is 0.142. The van der Waals surface area contributed by atoms with Crippen molar-refractivity contribution in [2.45, 2.75) is 64.3 Å². The van der Waals surface area contributed by atoms with Gasteiger partial charge in [-0.15, -0.1) is 10.2 Å². The molecule has 0 aliphatic heterocycles. The summed E-state index contributed by atoms with van der Waals surface area (Å²) in [5, 5.41) is 14.4. The average molecular weight is 290 g/mol. The van der Waals surface area contributed by atoms with Crippen LogP contribution in [-0.2, 0) is 0 Å². The Bertz CT molecular complexity index is 424. The van der Waals surface area contributed by atoms with Crippen LogP contribution in [0.4, 0.5) is 5.82 Å². The van der Waals surface area contributed by atoms with Crippen LogP contribution in [0.25, 0.3) is 0 Å². The summed E-state index contributed by atoms with van der Waals surface area (Å²) >= 11 is 0. The third-order valence-corrected chi connectivity index (χ3v) is 3.92. The fraction of sp³-hybridized carbons (Fsp3) is 0.688. The summed E-state index contributed by atoms with van der Waals surface area (Å²) in [5.41, 5.74) is 0.387. The maximum Gasteiger partial charge on any atom is 0.271 e. The predicted octanol–water partition coefficient (Wildman–Crippen LogP) is 3.14. The van der Waals surface area contributed by atoms with Gasteiger partial charge in [0.25, 0.3) is 5.91 Å². The molecule has 1 aromatic rings. The Balaban J connectivity index is 1.84. The third-order valence-electron chi connectivity index (χ3n) is 3.92. The molecular weight excluding hydrogens is 264 g/mol. The fourth-order valence-corrected chi connectivity index (χ4v) is 2.63. The first-order valence-electron chi connectivity index (χ1n) is 8.18. The van der Waals surface area contributed by atoms with Crippen molar-refractivity contribution in [1.29, 1.82) is 0 Å². The summed E-state index contributed by atoms with van der Waals surface area (Å²) in [4.78, 5) is 11.8. The first kappa shape index (κ1) is 15.7. The van der Waals surface area contributed by atoms with Gasteiger partial charge in [-0.2, -0.15) is 0 Å². The van der Waals surface area contributed by atoms with E-state index in [1.54, 1.807) is 6.07 Å². The quantitative estimate of drug-likeness (QED) is 0.624. The van der Waals surface area contributed by atoms with Gasteiger partial charge < -0.3 is 10.6 Å². The zero-order valence-electron chi connectivity index (χ0n) is 12.9. The van der Waals surface area contributed by atoms with Gasteiger partial charge >= 0.3 is 0 Å². The number of hydrogen-bond donors (Lipinski definition) is 2. The second-order valence-corrected chi connectivity index (χ2v) is 5.75. The molecule has 2 N–H and O–H groups in total. The van der Waals surface area contributed by atoms with Crippen molar-refractivity contribution >= 4 is 11.7 Å². The number of anilines is 1. The standard InChI is InChI=1S/C16H26N4O/c1-2-3-12-17-16(21)14-10-11-15(20-19-14)18-13-8-6-4-5-7-9-13/h10-11,13H,2-9,12H2,1H3,(H,17,21)(H,18,20). The lowest BCUT2D eigenvalue weighted by Gasteiger charge is -2.16. The van der Waals surface area contributed by atoms with Crippen LogP contribution in [0.2, 0.25) is 0 Å². The topological polar surface area (TPSA) is 66.9 Å². The van der Waals surface area contributed by atoms with Crippen LogP contribution in [0.1, 0.15) is 68.8 Å². The number of hydrogen-bond acceptors (Lipinski definition) is 4. The molecule has 116 valence electrons. The van der Waals surface area contributed by atoms with E-state index in [1.807, 2.05) is 6.07 Å². The van der Waals surface area contributed by atoms with Crippen LogP contribution in [-0.4, -0.2) is 28.7 Å². The minimum atomic E-state index is -0.142. The van der Waals surface area contributed by atoms with Crippen molar-refractivity contribution in [3.05, 3.63) is 17.8 Å². The van der Waals surface area contributed by atoms with Crippen molar-refractivity contribution in [2.24, 2.45) is 0 Å². The molecule has 0 atom stereocenters. The van der Waals surface area contributed by atoms with Gasteiger partial charge in [-0.3, -0.25) is 4.79 Å². The summed E-state index contributed by atoms with van der Waals surface area (Å²) in [6, 6.07) is 4.09. The van der Waals surface area contributed by atoms with Crippen LogP contribution in [0.15, 0.2) is 12.1 Å². The highest BCUT2D eigenvalue weighted by Crippen LogP contribution is 2.20. The first-order valence-corrected chi connectivity index (χ1v) is 8.18. The minimum Gasteiger partial charge on any atom is -0.366 e. The van der Waals surface area contributed by atoms with Gasteiger partial charge in [0, 0.05) is 12.6 Å². The largest absolute Gasteiger partial charge is 0.366 e. The van der Waals surface area contributed by atoms with Crippen LogP contribution < -0.4 is 10.6 Å². The van der Waals surface area contributed by atoms with E-state index in [1.165, 1.54) is 38.5 Å². The Kier molecular flexibility index (Phi) is 6.44.